The van der Waals surface area contributed by atoms with Gasteiger partial charge in [-0.15, -0.1) is 11.8 Å². The molecule has 3 rings (SSSR count). The summed E-state index contributed by atoms with van der Waals surface area (Å²) in [5, 5.41) is 4.17. The Morgan fingerprint density at radius 3 is 2.47 bits per heavy atom. The fourth-order valence-electron chi connectivity index (χ4n) is 3.93. The van der Waals surface area contributed by atoms with E-state index >= 15 is 0 Å². The standard InChI is InChI=1S/C25H30Cl2N2O2S/c1-18(25(31)28-21-9-5-6-10-21)29(14-13-19-7-3-2-4-8-19)24(30)17-32-16-20-11-12-22(26)23(27)15-20/h2-4,7-8,11-12,15,18,21H,5-6,9-10,13-14,16-17H2,1H3,(H,28,31). The molecule has 0 radical (unpaired) electrons. The minimum atomic E-state index is -0.502. The molecule has 0 saturated heterocycles. The van der Waals surface area contributed by atoms with Gasteiger partial charge in [-0.2, -0.15) is 0 Å². The molecule has 0 heterocycles. The van der Waals surface area contributed by atoms with Gasteiger partial charge in [0.2, 0.25) is 11.8 Å². The topological polar surface area (TPSA) is 49.4 Å². The second-order valence-corrected chi connectivity index (χ2v) is 10.0. The van der Waals surface area contributed by atoms with Crippen LogP contribution in [0.4, 0.5) is 0 Å². The van der Waals surface area contributed by atoms with Crippen LogP contribution in [0.3, 0.4) is 0 Å². The smallest absolute Gasteiger partial charge is 0.242 e. The largest absolute Gasteiger partial charge is 0.352 e. The SMILES string of the molecule is CC(C(=O)NC1CCCC1)N(CCc1ccccc1)C(=O)CSCc1ccc(Cl)c(Cl)c1. The fraction of sp³-hybridized carbons (Fsp3) is 0.440. The van der Waals surface area contributed by atoms with Gasteiger partial charge in [0, 0.05) is 18.3 Å². The van der Waals surface area contributed by atoms with Gasteiger partial charge in [0.1, 0.15) is 6.04 Å². The highest BCUT2D eigenvalue weighted by molar-refractivity contribution is 7.99. The summed E-state index contributed by atoms with van der Waals surface area (Å²) in [5.74, 6) is 0.862. The Kier molecular flexibility index (Phi) is 9.76. The summed E-state index contributed by atoms with van der Waals surface area (Å²) >= 11 is 13.6. The lowest BCUT2D eigenvalue weighted by Crippen LogP contribution is -2.51. The van der Waals surface area contributed by atoms with Crippen molar-refractivity contribution in [1.82, 2.24) is 10.2 Å². The number of amides is 2. The van der Waals surface area contributed by atoms with Crippen LogP contribution in [0.25, 0.3) is 0 Å². The van der Waals surface area contributed by atoms with Gasteiger partial charge in [-0.1, -0.05) is 72.4 Å². The number of carbonyl (C=O) groups is 2. The molecule has 2 aromatic rings. The van der Waals surface area contributed by atoms with E-state index in [2.05, 4.69) is 5.32 Å². The molecule has 32 heavy (non-hydrogen) atoms. The van der Waals surface area contributed by atoms with Crippen molar-refractivity contribution in [1.29, 1.82) is 0 Å². The predicted molar refractivity (Wildman–Crippen MR) is 134 cm³/mol. The van der Waals surface area contributed by atoms with E-state index in [0.29, 0.717) is 34.5 Å². The molecule has 2 amide bonds. The monoisotopic (exact) mass is 492 g/mol. The average molecular weight is 494 g/mol. The molecule has 0 aromatic heterocycles. The third kappa shape index (κ3) is 7.43. The maximum atomic E-state index is 13.1. The van der Waals surface area contributed by atoms with Gasteiger partial charge < -0.3 is 10.2 Å². The average Bonchev–Trinajstić information content (AvgIpc) is 3.30. The lowest BCUT2D eigenvalue weighted by molar-refractivity contribution is -0.138. The highest BCUT2D eigenvalue weighted by atomic mass is 35.5. The van der Waals surface area contributed by atoms with Crippen LogP contribution in [0.15, 0.2) is 48.5 Å². The Labute approximate surface area is 205 Å². The fourth-order valence-corrected chi connectivity index (χ4v) is 5.11. The highest BCUT2D eigenvalue weighted by Crippen LogP contribution is 2.25. The molecule has 0 aliphatic heterocycles. The van der Waals surface area contributed by atoms with Crippen molar-refractivity contribution in [2.24, 2.45) is 0 Å². The van der Waals surface area contributed by atoms with E-state index in [1.165, 1.54) is 11.8 Å². The zero-order valence-corrected chi connectivity index (χ0v) is 20.7. The number of hydrogen-bond acceptors (Lipinski definition) is 3. The first kappa shape index (κ1) is 24.9. The predicted octanol–water partition coefficient (Wildman–Crippen LogP) is 5.75. The second kappa shape index (κ2) is 12.5. The zero-order chi connectivity index (χ0) is 22.9. The number of thioether (sulfide) groups is 1. The molecule has 1 aliphatic rings. The molecule has 1 atom stereocenters. The van der Waals surface area contributed by atoms with Gasteiger partial charge in [0.25, 0.3) is 0 Å². The minimum absolute atomic E-state index is 0.0277. The van der Waals surface area contributed by atoms with Gasteiger partial charge in [0.15, 0.2) is 0 Å². The first-order valence-corrected chi connectivity index (χ1v) is 13.0. The van der Waals surface area contributed by atoms with Gasteiger partial charge >= 0.3 is 0 Å². The van der Waals surface area contributed by atoms with Crippen molar-refractivity contribution < 1.29 is 9.59 Å². The van der Waals surface area contributed by atoms with Gasteiger partial charge in [-0.3, -0.25) is 9.59 Å². The first-order valence-electron chi connectivity index (χ1n) is 11.1. The van der Waals surface area contributed by atoms with Crippen molar-refractivity contribution in [2.45, 2.75) is 56.9 Å². The molecule has 1 aliphatic carbocycles. The zero-order valence-electron chi connectivity index (χ0n) is 18.4. The van der Waals surface area contributed by atoms with E-state index in [-0.39, 0.29) is 17.9 Å². The Bertz CT molecular complexity index is 904. The number of nitrogens with one attached hydrogen (secondary N) is 1. The minimum Gasteiger partial charge on any atom is -0.352 e. The molecule has 1 unspecified atom stereocenters. The van der Waals surface area contributed by atoms with Crippen LogP contribution in [-0.4, -0.2) is 41.1 Å². The van der Waals surface area contributed by atoms with Crippen LogP contribution < -0.4 is 5.32 Å². The van der Waals surface area contributed by atoms with Crippen molar-refractivity contribution in [2.75, 3.05) is 12.3 Å². The lowest BCUT2D eigenvalue weighted by Gasteiger charge is -2.29. The number of rotatable bonds is 10. The van der Waals surface area contributed by atoms with E-state index in [4.69, 9.17) is 23.2 Å². The Hall–Kier alpha value is -1.69. The number of carbonyl (C=O) groups excluding carboxylic acids is 2. The number of hydrogen-bond donors (Lipinski definition) is 1. The van der Waals surface area contributed by atoms with Crippen LogP contribution in [0.2, 0.25) is 10.0 Å². The summed E-state index contributed by atoms with van der Waals surface area (Å²) < 4.78 is 0. The third-order valence-corrected chi connectivity index (χ3v) is 7.56. The van der Waals surface area contributed by atoms with Crippen LogP contribution >= 0.6 is 35.0 Å². The quantitative estimate of drug-likeness (QED) is 0.459. The van der Waals surface area contributed by atoms with E-state index < -0.39 is 6.04 Å². The molecule has 0 bridgehead atoms. The van der Waals surface area contributed by atoms with Crippen molar-refractivity contribution in [3.63, 3.8) is 0 Å². The Morgan fingerprint density at radius 1 is 1.06 bits per heavy atom. The van der Waals surface area contributed by atoms with E-state index in [0.717, 1.165) is 36.8 Å². The molecule has 2 aromatic carbocycles. The van der Waals surface area contributed by atoms with Crippen molar-refractivity contribution in [3.8, 4) is 0 Å². The summed E-state index contributed by atoms with van der Waals surface area (Å²) in [7, 11) is 0. The van der Waals surface area contributed by atoms with Gasteiger partial charge in [0.05, 0.1) is 15.8 Å². The summed E-state index contributed by atoms with van der Waals surface area (Å²) in [6, 6.07) is 15.3. The lowest BCUT2D eigenvalue weighted by atomic mass is 10.1. The van der Waals surface area contributed by atoms with Gasteiger partial charge in [-0.05, 0) is 49.4 Å². The van der Waals surface area contributed by atoms with E-state index in [1.54, 1.807) is 11.0 Å². The molecule has 172 valence electrons. The number of nitrogens with zero attached hydrogens (tertiary/aromatic N) is 1. The third-order valence-electron chi connectivity index (χ3n) is 5.83. The molecule has 1 N–H and O–H groups in total. The molecule has 4 nitrogen and oxygen atoms in total. The van der Waals surface area contributed by atoms with Crippen LogP contribution in [-0.2, 0) is 21.8 Å². The van der Waals surface area contributed by atoms with Crippen molar-refractivity contribution in [3.05, 3.63) is 69.7 Å². The van der Waals surface area contributed by atoms with Crippen LogP contribution in [0, 0.1) is 0 Å². The van der Waals surface area contributed by atoms with E-state index in [9.17, 15) is 9.59 Å². The summed E-state index contributed by atoms with van der Waals surface area (Å²) in [4.78, 5) is 27.7. The second-order valence-electron chi connectivity index (χ2n) is 8.23. The highest BCUT2D eigenvalue weighted by Gasteiger charge is 2.28. The Balaban J connectivity index is 1.60. The number of benzene rings is 2. The summed E-state index contributed by atoms with van der Waals surface area (Å²) in [6.45, 7) is 2.34. The maximum Gasteiger partial charge on any atom is 0.242 e. The molecular weight excluding hydrogens is 463 g/mol. The summed E-state index contributed by atoms with van der Waals surface area (Å²) in [5.41, 5.74) is 2.16. The molecule has 1 saturated carbocycles. The Morgan fingerprint density at radius 2 is 1.78 bits per heavy atom. The molecule has 1 fully saturated rings. The van der Waals surface area contributed by atoms with Gasteiger partial charge in [-0.25, -0.2) is 0 Å². The normalized spacial score (nSPS) is 14.8. The molecule has 7 heteroatoms. The summed E-state index contributed by atoms with van der Waals surface area (Å²) in [6.07, 6.45) is 5.07. The van der Waals surface area contributed by atoms with E-state index in [1.807, 2.05) is 49.4 Å². The van der Waals surface area contributed by atoms with Crippen LogP contribution in [0.1, 0.15) is 43.7 Å². The van der Waals surface area contributed by atoms with Crippen molar-refractivity contribution >= 4 is 46.8 Å². The first-order chi connectivity index (χ1) is 15.4. The molecular formula is C25H30Cl2N2O2S. The molecule has 0 spiro atoms. The maximum absolute atomic E-state index is 13.1. The number of halogens is 2. The van der Waals surface area contributed by atoms with Crippen LogP contribution in [0.5, 0.6) is 0 Å².